The van der Waals surface area contributed by atoms with E-state index in [1.807, 2.05) is 22.2 Å². The summed E-state index contributed by atoms with van der Waals surface area (Å²) in [5, 5.41) is 17.6. The van der Waals surface area contributed by atoms with Crippen LogP contribution in [0.25, 0.3) is 10.6 Å². The second kappa shape index (κ2) is 5.74. The number of carboxylic acids is 1. The topological polar surface area (TPSA) is 59.4 Å². The van der Waals surface area contributed by atoms with Gasteiger partial charge in [-0.3, -0.25) is 0 Å². The molecule has 0 aromatic carbocycles. The molecule has 0 atom stereocenters. The Hall–Kier alpha value is -1.70. The Balaban J connectivity index is 1.70. The molecule has 0 aliphatic heterocycles. The summed E-state index contributed by atoms with van der Waals surface area (Å²) in [4.78, 5) is 15.7. The van der Waals surface area contributed by atoms with Gasteiger partial charge in [0.25, 0.3) is 0 Å². The van der Waals surface area contributed by atoms with Crippen molar-refractivity contribution in [3.63, 3.8) is 0 Å². The van der Waals surface area contributed by atoms with E-state index in [1.165, 1.54) is 0 Å². The van der Waals surface area contributed by atoms with Crippen molar-refractivity contribution in [3.05, 3.63) is 44.2 Å². The van der Waals surface area contributed by atoms with Gasteiger partial charge in [-0.1, -0.05) is 0 Å². The van der Waals surface area contributed by atoms with Crippen molar-refractivity contribution in [3.8, 4) is 16.3 Å². The summed E-state index contributed by atoms with van der Waals surface area (Å²) in [7, 11) is 0. The average Bonchev–Trinajstić information content (AvgIpc) is 3.16. The van der Waals surface area contributed by atoms with Crippen LogP contribution in [-0.4, -0.2) is 16.1 Å². The monoisotopic (exact) mass is 323 g/mol. The normalized spacial score (nSPS) is 10.6. The van der Waals surface area contributed by atoms with Crippen molar-refractivity contribution in [2.75, 3.05) is 0 Å². The second-order valence-corrected chi connectivity index (χ2v) is 6.42. The molecule has 0 unspecified atom stereocenters. The third-order valence-electron chi connectivity index (χ3n) is 2.52. The third kappa shape index (κ3) is 2.74. The maximum Gasteiger partial charge on any atom is 0.349 e. The average molecular weight is 323 g/mol. The molecule has 0 saturated heterocycles. The van der Waals surface area contributed by atoms with Crippen molar-refractivity contribution in [1.82, 2.24) is 4.98 Å². The largest absolute Gasteiger partial charge is 0.485 e. The fraction of sp³-hybridized carbons (Fsp3) is 0.0769. The highest BCUT2D eigenvalue weighted by Gasteiger charge is 2.13. The van der Waals surface area contributed by atoms with Crippen LogP contribution in [0.2, 0.25) is 0 Å². The van der Waals surface area contributed by atoms with Crippen LogP contribution in [0.5, 0.6) is 5.75 Å². The van der Waals surface area contributed by atoms with Gasteiger partial charge >= 0.3 is 5.97 Å². The van der Waals surface area contributed by atoms with Crippen LogP contribution in [0.3, 0.4) is 0 Å². The molecule has 0 saturated carbocycles. The minimum Gasteiger partial charge on any atom is -0.485 e. The van der Waals surface area contributed by atoms with Crippen molar-refractivity contribution in [2.24, 2.45) is 0 Å². The summed E-state index contributed by atoms with van der Waals surface area (Å²) < 4.78 is 5.53. The molecule has 1 N–H and O–H groups in total. The molecular formula is C13H9NO3S3. The minimum absolute atomic E-state index is 0.221. The molecule has 0 radical (unpaired) electrons. The molecule has 0 aliphatic rings. The number of hydrogen-bond donors (Lipinski definition) is 1. The highest BCUT2D eigenvalue weighted by Crippen LogP contribution is 2.28. The lowest BCUT2D eigenvalue weighted by atomic mass is 10.3. The van der Waals surface area contributed by atoms with Gasteiger partial charge in [0.2, 0.25) is 0 Å². The van der Waals surface area contributed by atoms with E-state index in [0.717, 1.165) is 27.6 Å². The maximum absolute atomic E-state index is 11.0. The molecule has 3 rings (SSSR count). The van der Waals surface area contributed by atoms with Gasteiger partial charge in [0.05, 0.1) is 5.69 Å². The predicted octanol–water partition coefficient (Wildman–Crippen LogP) is 4.21. The van der Waals surface area contributed by atoms with E-state index in [-0.39, 0.29) is 11.5 Å². The number of ether oxygens (including phenoxy) is 1. The van der Waals surface area contributed by atoms with Gasteiger partial charge in [0.1, 0.15) is 17.4 Å². The van der Waals surface area contributed by atoms with Crippen LogP contribution in [0.4, 0.5) is 0 Å². The van der Waals surface area contributed by atoms with E-state index in [4.69, 9.17) is 9.84 Å². The highest BCUT2D eigenvalue weighted by molar-refractivity contribution is 7.14. The van der Waals surface area contributed by atoms with Gasteiger partial charge < -0.3 is 9.84 Å². The molecule has 102 valence electrons. The van der Waals surface area contributed by atoms with Gasteiger partial charge in [-0.25, -0.2) is 9.78 Å². The number of thiophene rings is 2. The van der Waals surface area contributed by atoms with E-state index in [0.29, 0.717) is 5.75 Å². The van der Waals surface area contributed by atoms with Gasteiger partial charge in [-0.15, -0.1) is 22.7 Å². The molecule has 4 nitrogen and oxygen atoms in total. The van der Waals surface area contributed by atoms with Crippen molar-refractivity contribution >= 4 is 40.0 Å². The molecule has 0 spiro atoms. The van der Waals surface area contributed by atoms with Crippen LogP contribution in [-0.2, 0) is 6.61 Å². The Morgan fingerprint density at radius 1 is 1.25 bits per heavy atom. The number of thiazole rings is 1. The highest BCUT2D eigenvalue weighted by atomic mass is 32.1. The minimum atomic E-state index is -0.966. The van der Waals surface area contributed by atoms with Crippen LogP contribution in [0.1, 0.15) is 15.4 Å². The first-order valence-electron chi connectivity index (χ1n) is 5.64. The third-order valence-corrected chi connectivity index (χ3v) is 5.03. The molecule has 0 bridgehead atoms. The summed E-state index contributed by atoms with van der Waals surface area (Å²) >= 11 is 4.34. The van der Waals surface area contributed by atoms with Crippen molar-refractivity contribution in [1.29, 1.82) is 0 Å². The van der Waals surface area contributed by atoms with E-state index >= 15 is 0 Å². The van der Waals surface area contributed by atoms with Crippen LogP contribution >= 0.6 is 34.0 Å². The zero-order valence-corrected chi connectivity index (χ0v) is 12.6. The molecule has 3 aromatic heterocycles. The smallest absolute Gasteiger partial charge is 0.349 e. The molecule has 0 aliphatic carbocycles. The quantitative estimate of drug-likeness (QED) is 0.764. The van der Waals surface area contributed by atoms with Crippen molar-refractivity contribution in [2.45, 2.75) is 6.61 Å². The summed E-state index contributed by atoms with van der Waals surface area (Å²) in [5.74, 6) is -0.570. The Morgan fingerprint density at radius 3 is 2.90 bits per heavy atom. The van der Waals surface area contributed by atoms with Gasteiger partial charge in [0.15, 0.2) is 4.88 Å². The molecule has 20 heavy (non-hydrogen) atoms. The van der Waals surface area contributed by atoms with E-state index < -0.39 is 5.97 Å². The zero-order chi connectivity index (χ0) is 13.9. The Labute approximate surface area is 126 Å². The van der Waals surface area contributed by atoms with Gasteiger partial charge in [-0.2, -0.15) is 11.3 Å². The number of carboxylic acid groups (broad SMARTS) is 1. The molecule has 7 heteroatoms. The summed E-state index contributed by atoms with van der Waals surface area (Å²) in [6.07, 6.45) is 0. The molecule has 0 amide bonds. The molecule has 3 heterocycles. The van der Waals surface area contributed by atoms with Gasteiger partial charge in [-0.05, 0) is 22.9 Å². The SMILES string of the molecule is O=C(O)c1sccc1OCc1csc(-c2ccsc2)n1. The number of nitrogens with zero attached hydrogens (tertiary/aromatic N) is 1. The van der Waals surface area contributed by atoms with Crippen LogP contribution in [0, 0.1) is 0 Å². The second-order valence-electron chi connectivity index (χ2n) is 3.86. The first kappa shape index (κ1) is 13.3. The fourth-order valence-electron chi connectivity index (χ4n) is 1.61. The van der Waals surface area contributed by atoms with E-state index in [1.54, 1.807) is 34.1 Å². The Kier molecular flexibility index (Phi) is 3.81. The van der Waals surface area contributed by atoms with Crippen LogP contribution in [0.15, 0.2) is 33.7 Å². The lowest BCUT2D eigenvalue weighted by Crippen LogP contribution is -2.00. The number of rotatable bonds is 5. The van der Waals surface area contributed by atoms with Crippen molar-refractivity contribution < 1.29 is 14.6 Å². The maximum atomic E-state index is 11.0. The fourth-order valence-corrected chi connectivity index (χ4v) is 3.80. The first-order valence-corrected chi connectivity index (χ1v) is 8.35. The Morgan fingerprint density at radius 2 is 2.15 bits per heavy atom. The summed E-state index contributed by atoms with van der Waals surface area (Å²) in [5.41, 5.74) is 1.91. The zero-order valence-electron chi connectivity index (χ0n) is 10.1. The lowest BCUT2D eigenvalue weighted by molar-refractivity contribution is 0.0697. The predicted molar refractivity (Wildman–Crippen MR) is 81.0 cm³/mol. The standard InChI is InChI=1S/C13H9NO3S3/c15-13(16)11-10(2-4-19-11)17-5-9-7-20-12(14-9)8-1-3-18-6-8/h1-4,6-7H,5H2,(H,15,16). The molecule has 3 aromatic rings. The molecular weight excluding hydrogens is 314 g/mol. The number of aromatic nitrogens is 1. The Bertz CT molecular complexity index is 715. The van der Waals surface area contributed by atoms with E-state index in [9.17, 15) is 4.79 Å². The number of aromatic carboxylic acids is 1. The molecule has 0 fully saturated rings. The van der Waals surface area contributed by atoms with Crippen LogP contribution < -0.4 is 4.74 Å². The van der Waals surface area contributed by atoms with E-state index in [2.05, 4.69) is 4.98 Å². The number of carbonyl (C=O) groups is 1. The lowest BCUT2D eigenvalue weighted by Gasteiger charge is -2.02. The first-order chi connectivity index (χ1) is 9.74. The number of hydrogen-bond acceptors (Lipinski definition) is 6. The summed E-state index contributed by atoms with van der Waals surface area (Å²) in [6, 6.07) is 3.69. The summed E-state index contributed by atoms with van der Waals surface area (Å²) in [6.45, 7) is 0.275. The van der Waals surface area contributed by atoms with Gasteiger partial charge in [0, 0.05) is 16.3 Å².